The van der Waals surface area contributed by atoms with Crippen molar-refractivity contribution in [3.8, 4) is 16.5 Å². The zero-order chi connectivity index (χ0) is 14.5. The molecule has 1 aromatic heterocycles. The molecule has 0 aliphatic rings. The lowest BCUT2D eigenvalue weighted by molar-refractivity contribution is 1.21. The van der Waals surface area contributed by atoms with Crippen molar-refractivity contribution in [3.63, 3.8) is 0 Å². The van der Waals surface area contributed by atoms with Crippen molar-refractivity contribution in [2.75, 3.05) is 11.9 Å². The van der Waals surface area contributed by atoms with Crippen LogP contribution in [0.1, 0.15) is 11.1 Å². The molecule has 5 heteroatoms. The number of benzene rings is 1. The summed E-state index contributed by atoms with van der Waals surface area (Å²) < 4.78 is 0. The summed E-state index contributed by atoms with van der Waals surface area (Å²) in [5.74, 6) is 0. The SMILES string of the molecule is C=CCNc1nc(=O)c(C#N)c(-c2ccc(C)cc2)s1. The van der Waals surface area contributed by atoms with Crippen LogP contribution in [0.5, 0.6) is 0 Å². The number of nitriles is 1. The van der Waals surface area contributed by atoms with Gasteiger partial charge < -0.3 is 5.32 Å². The minimum Gasteiger partial charge on any atom is -0.358 e. The van der Waals surface area contributed by atoms with E-state index in [1.165, 1.54) is 11.3 Å². The molecule has 2 rings (SSSR count). The van der Waals surface area contributed by atoms with Crippen LogP contribution in [0.15, 0.2) is 41.7 Å². The molecule has 100 valence electrons. The van der Waals surface area contributed by atoms with Gasteiger partial charge in [0, 0.05) is 6.54 Å². The van der Waals surface area contributed by atoms with Gasteiger partial charge in [0.15, 0.2) is 5.13 Å². The third-order valence-electron chi connectivity index (χ3n) is 2.67. The Morgan fingerprint density at radius 3 is 2.75 bits per heavy atom. The Labute approximate surface area is 121 Å². The van der Waals surface area contributed by atoms with Gasteiger partial charge in [0.2, 0.25) is 0 Å². The molecule has 0 amide bonds. The van der Waals surface area contributed by atoms with Crippen LogP contribution in [0.25, 0.3) is 10.4 Å². The summed E-state index contributed by atoms with van der Waals surface area (Å²) in [7, 11) is 0. The fourth-order valence-electron chi connectivity index (χ4n) is 1.66. The molecule has 0 fully saturated rings. The van der Waals surface area contributed by atoms with E-state index in [-0.39, 0.29) is 5.56 Å². The Bertz CT molecular complexity index is 726. The second-order valence-electron chi connectivity index (χ2n) is 4.18. The van der Waals surface area contributed by atoms with Gasteiger partial charge in [-0.2, -0.15) is 10.2 Å². The molecule has 0 atom stereocenters. The van der Waals surface area contributed by atoms with E-state index in [1.54, 1.807) is 6.08 Å². The van der Waals surface area contributed by atoms with E-state index < -0.39 is 5.56 Å². The molecule has 0 unspecified atom stereocenters. The Balaban J connectivity index is 2.57. The minimum atomic E-state index is -0.506. The number of rotatable bonds is 4. The van der Waals surface area contributed by atoms with Gasteiger partial charge in [0.1, 0.15) is 11.6 Å². The second-order valence-corrected chi connectivity index (χ2v) is 5.17. The molecule has 1 aromatic carbocycles. The molecule has 1 heterocycles. The van der Waals surface area contributed by atoms with Gasteiger partial charge in [-0.15, -0.1) is 6.58 Å². The van der Waals surface area contributed by atoms with Crippen LogP contribution in [0.2, 0.25) is 0 Å². The maximum Gasteiger partial charge on any atom is 0.291 e. The number of hydrogen-bond donors (Lipinski definition) is 1. The minimum absolute atomic E-state index is 0.0861. The highest BCUT2D eigenvalue weighted by molar-refractivity contribution is 7.18. The molecule has 0 bridgehead atoms. The quantitative estimate of drug-likeness (QED) is 0.876. The highest BCUT2D eigenvalue weighted by atomic mass is 32.1. The van der Waals surface area contributed by atoms with E-state index >= 15 is 0 Å². The van der Waals surface area contributed by atoms with E-state index in [2.05, 4.69) is 16.9 Å². The summed E-state index contributed by atoms with van der Waals surface area (Å²) >= 11 is 1.29. The molecule has 4 nitrogen and oxygen atoms in total. The molecule has 1 N–H and O–H groups in total. The standard InChI is InChI=1S/C15H13N3OS/c1-3-8-17-15-18-14(19)12(9-16)13(20-15)11-6-4-10(2)5-7-11/h3-7H,1,8H2,2H3,(H,17,18,19). The molecule has 0 saturated carbocycles. The Morgan fingerprint density at radius 1 is 1.45 bits per heavy atom. The van der Waals surface area contributed by atoms with Gasteiger partial charge in [-0.3, -0.25) is 4.79 Å². The Kier molecular flexibility index (Phi) is 4.28. The van der Waals surface area contributed by atoms with Crippen molar-refractivity contribution >= 4 is 16.5 Å². The summed E-state index contributed by atoms with van der Waals surface area (Å²) in [4.78, 5) is 16.4. The number of hydrogen-bond acceptors (Lipinski definition) is 5. The molecule has 0 saturated heterocycles. The average molecular weight is 283 g/mol. The zero-order valence-corrected chi connectivity index (χ0v) is 11.8. The third-order valence-corrected chi connectivity index (χ3v) is 3.74. The first kappa shape index (κ1) is 14.0. The summed E-state index contributed by atoms with van der Waals surface area (Å²) in [6.45, 7) is 6.11. The van der Waals surface area contributed by atoms with Crippen LogP contribution in [-0.2, 0) is 0 Å². The molecule has 0 spiro atoms. The summed E-state index contributed by atoms with van der Waals surface area (Å²) in [5.41, 5.74) is 1.55. The van der Waals surface area contributed by atoms with Crippen LogP contribution in [0.3, 0.4) is 0 Å². The first-order valence-corrected chi connectivity index (χ1v) is 6.84. The summed E-state index contributed by atoms with van der Waals surface area (Å²) in [6.07, 6.45) is 1.68. The van der Waals surface area contributed by atoms with Crippen molar-refractivity contribution < 1.29 is 0 Å². The molecule has 20 heavy (non-hydrogen) atoms. The number of aryl methyl sites for hydroxylation is 1. The molecule has 0 aliphatic carbocycles. The van der Waals surface area contributed by atoms with Crippen LogP contribution < -0.4 is 10.9 Å². The lowest BCUT2D eigenvalue weighted by Gasteiger charge is -2.06. The highest BCUT2D eigenvalue weighted by Crippen LogP contribution is 2.29. The van der Waals surface area contributed by atoms with Crippen molar-refractivity contribution in [1.82, 2.24) is 4.98 Å². The first-order valence-electron chi connectivity index (χ1n) is 6.02. The largest absolute Gasteiger partial charge is 0.358 e. The van der Waals surface area contributed by atoms with Crippen molar-refractivity contribution in [1.29, 1.82) is 5.26 Å². The molecule has 0 radical (unpaired) electrons. The fraction of sp³-hybridized carbons (Fsp3) is 0.133. The van der Waals surface area contributed by atoms with Crippen LogP contribution in [0, 0.1) is 18.3 Å². The predicted octanol–water partition coefficient (Wildman–Crippen LogP) is 2.95. The molecule has 0 aliphatic heterocycles. The lowest BCUT2D eigenvalue weighted by Crippen LogP contribution is -2.13. The van der Waals surface area contributed by atoms with Gasteiger partial charge >= 0.3 is 0 Å². The maximum absolute atomic E-state index is 11.9. The zero-order valence-electron chi connectivity index (χ0n) is 11.0. The highest BCUT2D eigenvalue weighted by Gasteiger charge is 2.13. The van der Waals surface area contributed by atoms with E-state index in [1.807, 2.05) is 37.3 Å². The van der Waals surface area contributed by atoms with Crippen LogP contribution >= 0.6 is 11.3 Å². The topological polar surface area (TPSA) is 65.8 Å². The van der Waals surface area contributed by atoms with E-state index in [0.717, 1.165) is 11.1 Å². The molecule has 2 aromatic rings. The normalized spacial score (nSPS) is 9.80. The molecular formula is C15H13N3OS. The summed E-state index contributed by atoms with van der Waals surface area (Å²) in [6, 6.07) is 9.65. The van der Waals surface area contributed by atoms with E-state index in [9.17, 15) is 4.79 Å². The Morgan fingerprint density at radius 2 is 2.15 bits per heavy atom. The van der Waals surface area contributed by atoms with Crippen LogP contribution in [0.4, 0.5) is 5.13 Å². The van der Waals surface area contributed by atoms with Crippen molar-refractivity contribution in [2.45, 2.75) is 6.92 Å². The number of nitrogens with one attached hydrogen (secondary N) is 1. The summed E-state index contributed by atoms with van der Waals surface area (Å²) in [5, 5.41) is 12.6. The predicted molar refractivity (Wildman–Crippen MR) is 82.0 cm³/mol. The maximum atomic E-state index is 11.9. The molecular weight excluding hydrogens is 270 g/mol. The van der Waals surface area contributed by atoms with Gasteiger partial charge in [0.05, 0.1) is 4.88 Å². The average Bonchev–Trinajstić information content (AvgIpc) is 2.45. The van der Waals surface area contributed by atoms with Gasteiger partial charge in [-0.25, -0.2) is 0 Å². The van der Waals surface area contributed by atoms with Gasteiger partial charge in [-0.1, -0.05) is 47.2 Å². The second kappa shape index (κ2) is 6.13. The smallest absolute Gasteiger partial charge is 0.291 e. The third kappa shape index (κ3) is 2.92. The van der Waals surface area contributed by atoms with Crippen molar-refractivity contribution in [2.24, 2.45) is 0 Å². The number of aromatic nitrogens is 1. The Hall–Kier alpha value is -2.45. The number of nitrogens with zero attached hydrogens (tertiary/aromatic N) is 2. The van der Waals surface area contributed by atoms with Gasteiger partial charge in [-0.05, 0) is 12.5 Å². The van der Waals surface area contributed by atoms with E-state index in [4.69, 9.17) is 5.26 Å². The van der Waals surface area contributed by atoms with Crippen molar-refractivity contribution in [3.05, 3.63) is 58.4 Å². The van der Waals surface area contributed by atoms with Crippen LogP contribution in [-0.4, -0.2) is 11.5 Å². The fourth-order valence-corrected chi connectivity index (χ4v) is 2.62. The first-order chi connectivity index (χ1) is 9.65. The monoisotopic (exact) mass is 283 g/mol. The lowest BCUT2D eigenvalue weighted by atomic mass is 10.1. The number of anilines is 1. The van der Waals surface area contributed by atoms with Gasteiger partial charge in [0.25, 0.3) is 5.56 Å². The van der Waals surface area contributed by atoms with E-state index in [0.29, 0.717) is 16.6 Å².